The first-order valence-corrected chi connectivity index (χ1v) is 8.39. The number of hydrogen-bond donors (Lipinski definition) is 1. The summed E-state index contributed by atoms with van der Waals surface area (Å²) in [6.07, 6.45) is 1.95. The number of amides is 1. The van der Waals surface area contributed by atoms with E-state index in [0.717, 1.165) is 41.7 Å². The van der Waals surface area contributed by atoms with Crippen molar-refractivity contribution in [1.82, 2.24) is 20.1 Å². The fourth-order valence-corrected chi connectivity index (χ4v) is 3.46. The smallest absolute Gasteiger partial charge is 0.272 e. The van der Waals surface area contributed by atoms with E-state index in [1.54, 1.807) is 6.07 Å². The Morgan fingerprint density at radius 1 is 1.25 bits per heavy atom. The monoisotopic (exact) mass is 340 g/mol. The number of benzene rings is 1. The zero-order chi connectivity index (χ0) is 16.7. The highest BCUT2D eigenvalue weighted by Gasteiger charge is 2.31. The van der Waals surface area contributed by atoms with Gasteiger partial charge in [-0.1, -0.05) is 23.7 Å². The number of pyridine rings is 1. The summed E-state index contributed by atoms with van der Waals surface area (Å²) in [5.74, 6) is -0.0325. The minimum Gasteiger partial charge on any atom is -0.330 e. The highest BCUT2D eigenvalue weighted by atomic mass is 35.5. The topological polar surface area (TPSA) is 61.9 Å². The van der Waals surface area contributed by atoms with E-state index in [9.17, 15) is 4.79 Å². The van der Waals surface area contributed by atoms with Crippen LogP contribution in [0, 0.1) is 6.92 Å². The number of rotatable bonds is 2. The average Bonchev–Trinajstić information content (AvgIpc) is 3.22. The molecule has 1 aliphatic heterocycles. The van der Waals surface area contributed by atoms with Crippen LogP contribution >= 0.6 is 11.6 Å². The molecule has 0 radical (unpaired) electrons. The molecule has 24 heavy (non-hydrogen) atoms. The van der Waals surface area contributed by atoms with Crippen molar-refractivity contribution >= 4 is 28.5 Å². The summed E-state index contributed by atoms with van der Waals surface area (Å²) in [5.41, 5.74) is 3.98. The van der Waals surface area contributed by atoms with Gasteiger partial charge in [0.2, 0.25) is 0 Å². The summed E-state index contributed by atoms with van der Waals surface area (Å²) in [6.45, 7) is 2.63. The molecule has 3 aromatic rings. The maximum atomic E-state index is 13.0. The molecule has 1 fully saturated rings. The Labute approximate surface area is 144 Å². The minimum atomic E-state index is -0.0325. The van der Waals surface area contributed by atoms with Crippen LogP contribution in [-0.4, -0.2) is 32.5 Å². The minimum absolute atomic E-state index is 0.0325. The van der Waals surface area contributed by atoms with Crippen molar-refractivity contribution in [2.24, 2.45) is 0 Å². The first-order chi connectivity index (χ1) is 11.6. The molecule has 1 N–H and O–H groups in total. The van der Waals surface area contributed by atoms with Gasteiger partial charge in [0, 0.05) is 11.6 Å². The molecule has 1 aliphatic rings. The second kappa shape index (κ2) is 5.91. The Morgan fingerprint density at radius 2 is 2.04 bits per heavy atom. The van der Waals surface area contributed by atoms with Crippen molar-refractivity contribution in [2.75, 3.05) is 6.54 Å². The van der Waals surface area contributed by atoms with Gasteiger partial charge < -0.3 is 4.90 Å². The lowest BCUT2D eigenvalue weighted by Crippen LogP contribution is -2.31. The van der Waals surface area contributed by atoms with Crippen LogP contribution in [0.3, 0.4) is 0 Å². The average molecular weight is 341 g/mol. The summed E-state index contributed by atoms with van der Waals surface area (Å²) < 4.78 is 0. The number of likely N-dealkylation sites (tertiary alicyclic amines) is 1. The molecule has 2 aromatic heterocycles. The van der Waals surface area contributed by atoms with Gasteiger partial charge in [-0.15, -0.1) is 0 Å². The van der Waals surface area contributed by atoms with Gasteiger partial charge in [0.05, 0.1) is 17.3 Å². The van der Waals surface area contributed by atoms with Crippen molar-refractivity contribution in [3.8, 4) is 0 Å². The highest BCUT2D eigenvalue weighted by Crippen LogP contribution is 2.33. The van der Waals surface area contributed by atoms with Crippen molar-refractivity contribution in [3.05, 3.63) is 58.4 Å². The number of fused-ring (bicyclic) bond motifs is 1. The highest BCUT2D eigenvalue weighted by molar-refractivity contribution is 6.30. The first-order valence-electron chi connectivity index (χ1n) is 8.01. The van der Waals surface area contributed by atoms with Gasteiger partial charge >= 0.3 is 0 Å². The molecular weight excluding hydrogens is 324 g/mol. The van der Waals surface area contributed by atoms with Gasteiger partial charge in [0.15, 0.2) is 0 Å². The van der Waals surface area contributed by atoms with Gasteiger partial charge in [-0.3, -0.25) is 9.89 Å². The third-order valence-corrected chi connectivity index (χ3v) is 4.82. The van der Waals surface area contributed by atoms with Crippen molar-refractivity contribution in [2.45, 2.75) is 25.8 Å². The standard InChI is InChI=1S/C18H17ClN4O/c1-11-17-14(22-21-11)8-9-15(20-17)18(24)23-10-2-3-16(23)12-4-6-13(19)7-5-12/h4-9,16H,2-3,10H2,1H3,(H,21,22)/t16-/m1/s1. The van der Waals surface area contributed by atoms with Crippen molar-refractivity contribution in [3.63, 3.8) is 0 Å². The van der Waals surface area contributed by atoms with E-state index in [0.29, 0.717) is 10.7 Å². The zero-order valence-electron chi connectivity index (χ0n) is 13.3. The molecule has 0 aliphatic carbocycles. The number of carbonyl (C=O) groups excluding carboxylic acids is 1. The van der Waals surface area contributed by atoms with Crippen LogP contribution in [0.2, 0.25) is 5.02 Å². The number of nitrogens with zero attached hydrogens (tertiary/aromatic N) is 3. The quantitative estimate of drug-likeness (QED) is 0.769. The van der Waals surface area contributed by atoms with E-state index in [1.807, 2.05) is 42.2 Å². The number of nitrogens with one attached hydrogen (secondary N) is 1. The van der Waals surface area contributed by atoms with Crippen LogP contribution < -0.4 is 0 Å². The largest absolute Gasteiger partial charge is 0.330 e. The number of aromatic nitrogens is 3. The third kappa shape index (κ3) is 2.55. The SMILES string of the molecule is Cc1n[nH]c2ccc(C(=O)N3CCC[C@@H]3c3ccc(Cl)cc3)nc12. The number of halogens is 1. The molecule has 0 bridgehead atoms. The van der Waals surface area contributed by atoms with Gasteiger partial charge in [-0.25, -0.2) is 4.98 Å². The summed E-state index contributed by atoms with van der Waals surface area (Å²) in [4.78, 5) is 19.4. The Bertz CT molecular complexity index is 903. The molecule has 1 atom stereocenters. The maximum absolute atomic E-state index is 13.0. The third-order valence-electron chi connectivity index (χ3n) is 4.57. The van der Waals surface area contributed by atoms with E-state index < -0.39 is 0 Å². The molecule has 0 unspecified atom stereocenters. The normalized spacial score (nSPS) is 17.6. The molecule has 1 saturated heterocycles. The van der Waals surface area contributed by atoms with Gasteiger partial charge in [-0.05, 0) is 49.6 Å². The fourth-order valence-electron chi connectivity index (χ4n) is 3.33. The summed E-state index contributed by atoms with van der Waals surface area (Å²) >= 11 is 5.97. The number of H-pyrrole nitrogens is 1. The Kier molecular flexibility index (Phi) is 3.73. The molecule has 0 spiro atoms. The first kappa shape index (κ1) is 15.1. The predicted octanol–water partition coefficient (Wildman–Crippen LogP) is 3.90. The lowest BCUT2D eigenvalue weighted by Gasteiger charge is -2.25. The van der Waals surface area contributed by atoms with E-state index >= 15 is 0 Å². The van der Waals surface area contributed by atoms with Crippen LogP contribution in [0.15, 0.2) is 36.4 Å². The molecule has 1 amide bonds. The fraction of sp³-hybridized carbons (Fsp3) is 0.278. The summed E-state index contributed by atoms with van der Waals surface area (Å²) in [6, 6.07) is 11.4. The van der Waals surface area contributed by atoms with E-state index in [1.165, 1.54) is 0 Å². The van der Waals surface area contributed by atoms with Crippen LogP contribution in [0.1, 0.15) is 40.6 Å². The predicted molar refractivity (Wildman–Crippen MR) is 93.1 cm³/mol. The van der Waals surface area contributed by atoms with Gasteiger partial charge in [0.25, 0.3) is 5.91 Å². The van der Waals surface area contributed by atoms with E-state index in [-0.39, 0.29) is 11.9 Å². The molecular formula is C18H17ClN4O. The van der Waals surface area contributed by atoms with Crippen LogP contribution in [-0.2, 0) is 0 Å². The number of aromatic amines is 1. The second-order valence-electron chi connectivity index (χ2n) is 6.11. The Morgan fingerprint density at radius 3 is 2.83 bits per heavy atom. The molecule has 4 rings (SSSR count). The second-order valence-corrected chi connectivity index (χ2v) is 6.55. The van der Waals surface area contributed by atoms with E-state index in [2.05, 4.69) is 15.2 Å². The zero-order valence-corrected chi connectivity index (χ0v) is 14.0. The lowest BCUT2D eigenvalue weighted by atomic mass is 10.0. The molecule has 1 aromatic carbocycles. The molecule has 6 heteroatoms. The lowest BCUT2D eigenvalue weighted by molar-refractivity contribution is 0.0730. The van der Waals surface area contributed by atoms with Gasteiger partial charge in [-0.2, -0.15) is 5.10 Å². The Balaban J connectivity index is 1.66. The van der Waals surface area contributed by atoms with Crippen LogP contribution in [0.4, 0.5) is 0 Å². The molecule has 3 heterocycles. The van der Waals surface area contributed by atoms with Crippen LogP contribution in [0.5, 0.6) is 0 Å². The van der Waals surface area contributed by atoms with Crippen LogP contribution in [0.25, 0.3) is 11.0 Å². The Hall–Kier alpha value is -2.40. The molecule has 122 valence electrons. The summed E-state index contributed by atoms with van der Waals surface area (Å²) in [5, 5.41) is 7.76. The maximum Gasteiger partial charge on any atom is 0.272 e. The number of aryl methyl sites for hydroxylation is 1. The van der Waals surface area contributed by atoms with E-state index in [4.69, 9.17) is 11.6 Å². The number of carbonyl (C=O) groups is 1. The van der Waals surface area contributed by atoms with Crippen molar-refractivity contribution < 1.29 is 4.79 Å². The molecule has 5 nitrogen and oxygen atoms in total. The van der Waals surface area contributed by atoms with Crippen molar-refractivity contribution in [1.29, 1.82) is 0 Å². The number of hydrogen-bond acceptors (Lipinski definition) is 3. The summed E-state index contributed by atoms with van der Waals surface area (Å²) in [7, 11) is 0. The molecule has 0 saturated carbocycles. The van der Waals surface area contributed by atoms with Gasteiger partial charge in [0.1, 0.15) is 11.2 Å².